The molecule has 0 fully saturated rings. The Hall–Kier alpha value is -3.17. The lowest BCUT2D eigenvalue weighted by Crippen LogP contribution is -2.04. The van der Waals surface area contributed by atoms with Gasteiger partial charge in [0.15, 0.2) is 0 Å². The molecule has 1 aliphatic rings. The summed E-state index contributed by atoms with van der Waals surface area (Å²) in [5.74, 6) is 0.878. The molecule has 1 aliphatic carbocycles. The number of nitriles is 1. The average molecular weight is 390 g/mol. The zero-order chi connectivity index (χ0) is 19.5. The number of nitrogens with zero attached hydrogens (tertiary/aromatic N) is 2. The van der Waals surface area contributed by atoms with Crippen molar-refractivity contribution >= 4 is 28.5 Å². The molecule has 0 amide bonds. The number of rotatable bonds is 5. The molecule has 28 heavy (non-hydrogen) atoms. The zero-order valence-corrected chi connectivity index (χ0v) is 16.2. The van der Waals surface area contributed by atoms with Gasteiger partial charge in [-0.05, 0) is 56.0 Å². The van der Waals surface area contributed by atoms with Crippen molar-refractivity contribution in [1.29, 1.82) is 5.26 Å². The molecule has 1 aromatic carbocycles. The van der Waals surface area contributed by atoms with Crippen molar-refractivity contribution in [3.63, 3.8) is 0 Å². The number of carbonyl (C=O) groups is 1. The average Bonchev–Trinajstić information content (AvgIpc) is 3.42. The van der Waals surface area contributed by atoms with Crippen molar-refractivity contribution in [2.24, 2.45) is 4.99 Å². The molecule has 3 aromatic rings. The Morgan fingerprint density at radius 2 is 2.25 bits per heavy atom. The van der Waals surface area contributed by atoms with E-state index < -0.39 is 0 Å². The number of aliphatic imine (C=N–C) groups is 1. The molecule has 4 rings (SSSR count). The Balaban J connectivity index is 1.56. The molecule has 2 aromatic heterocycles. The summed E-state index contributed by atoms with van der Waals surface area (Å²) >= 11 is 1.59. The Bertz CT molecular complexity index is 1100. The SMILES string of the molecule is CCOC(=O)c1cccc(-c2ccc(/C=N/c3sc4c(c3C#N)CCC4)o2)c1. The molecule has 0 saturated heterocycles. The van der Waals surface area contributed by atoms with Crippen LogP contribution in [-0.2, 0) is 17.6 Å². The third-order valence-corrected chi connectivity index (χ3v) is 5.81. The van der Waals surface area contributed by atoms with Gasteiger partial charge in [0.1, 0.15) is 22.6 Å². The van der Waals surface area contributed by atoms with E-state index in [2.05, 4.69) is 11.1 Å². The minimum atomic E-state index is -0.354. The van der Waals surface area contributed by atoms with Crippen molar-refractivity contribution in [3.8, 4) is 17.4 Å². The van der Waals surface area contributed by atoms with Gasteiger partial charge in [0, 0.05) is 10.4 Å². The predicted molar refractivity (Wildman–Crippen MR) is 108 cm³/mol. The standard InChI is InChI=1S/C22H18N2O3S/c1-2-26-22(25)15-6-3-5-14(11-15)19-10-9-16(27-19)13-24-21-18(12-23)17-7-4-8-20(17)28-21/h3,5-6,9-11,13H,2,4,7-8H2,1H3/b24-13+. The third kappa shape index (κ3) is 3.49. The van der Waals surface area contributed by atoms with Gasteiger partial charge in [-0.15, -0.1) is 11.3 Å². The minimum Gasteiger partial charge on any atom is -0.462 e. The number of benzene rings is 1. The van der Waals surface area contributed by atoms with Crippen LogP contribution in [0.4, 0.5) is 5.00 Å². The Labute approximate surface area is 166 Å². The maximum absolute atomic E-state index is 11.9. The van der Waals surface area contributed by atoms with Gasteiger partial charge in [0.25, 0.3) is 0 Å². The zero-order valence-electron chi connectivity index (χ0n) is 15.4. The van der Waals surface area contributed by atoms with Crippen LogP contribution < -0.4 is 0 Å². The number of hydrogen-bond donors (Lipinski definition) is 0. The number of aryl methyl sites for hydroxylation is 1. The number of hydrogen-bond acceptors (Lipinski definition) is 6. The maximum Gasteiger partial charge on any atom is 0.338 e. The van der Waals surface area contributed by atoms with E-state index in [0.717, 1.165) is 35.4 Å². The monoisotopic (exact) mass is 390 g/mol. The Kier molecular flexibility index (Phi) is 5.09. The number of thiophene rings is 1. The van der Waals surface area contributed by atoms with Crippen LogP contribution in [0.2, 0.25) is 0 Å². The molecular formula is C22H18N2O3S. The van der Waals surface area contributed by atoms with Crippen LogP contribution in [0.25, 0.3) is 11.3 Å². The molecule has 0 radical (unpaired) electrons. The molecule has 2 heterocycles. The second-order valence-corrected chi connectivity index (χ2v) is 7.49. The second kappa shape index (κ2) is 7.83. The van der Waals surface area contributed by atoms with E-state index in [-0.39, 0.29) is 5.97 Å². The highest BCUT2D eigenvalue weighted by Gasteiger charge is 2.21. The third-order valence-electron chi connectivity index (χ3n) is 4.61. The van der Waals surface area contributed by atoms with E-state index in [1.54, 1.807) is 42.7 Å². The highest BCUT2D eigenvalue weighted by molar-refractivity contribution is 7.16. The number of ether oxygens (including phenoxy) is 1. The molecule has 0 atom stereocenters. The number of fused-ring (bicyclic) bond motifs is 1. The van der Waals surface area contributed by atoms with Crippen LogP contribution in [0.15, 0.2) is 45.8 Å². The fourth-order valence-corrected chi connectivity index (χ4v) is 4.49. The number of furan rings is 1. The summed E-state index contributed by atoms with van der Waals surface area (Å²) in [7, 11) is 0. The minimum absolute atomic E-state index is 0.335. The molecule has 140 valence electrons. The molecule has 0 unspecified atom stereocenters. The van der Waals surface area contributed by atoms with Gasteiger partial charge in [-0.25, -0.2) is 9.79 Å². The van der Waals surface area contributed by atoms with Crippen molar-refractivity contribution in [1.82, 2.24) is 0 Å². The van der Waals surface area contributed by atoms with Crippen LogP contribution in [0.1, 0.15) is 45.5 Å². The van der Waals surface area contributed by atoms with Gasteiger partial charge in [0.05, 0.1) is 23.9 Å². The van der Waals surface area contributed by atoms with Crippen LogP contribution >= 0.6 is 11.3 Å². The Morgan fingerprint density at radius 1 is 1.36 bits per heavy atom. The first-order valence-corrected chi connectivity index (χ1v) is 9.97. The van der Waals surface area contributed by atoms with E-state index >= 15 is 0 Å². The molecule has 0 N–H and O–H groups in total. The quantitative estimate of drug-likeness (QED) is 0.438. The molecule has 0 spiro atoms. The van der Waals surface area contributed by atoms with Gasteiger partial charge in [-0.3, -0.25) is 0 Å². The van der Waals surface area contributed by atoms with Gasteiger partial charge >= 0.3 is 5.97 Å². The number of esters is 1. The lowest BCUT2D eigenvalue weighted by molar-refractivity contribution is 0.0526. The fraction of sp³-hybridized carbons (Fsp3) is 0.227. The van der Waals surface area contributed by atoms with Crippen molar-refractivity contribution < 1.29 is 13.9 Å². The van der Waals surface area contributed by atoms with E-state index in [1.807, 2.05) is 18.2 Å². The van der Waals surface area contributed by atoms with Crippen LogP contribution in [0, 0.1) is 11.3 Å². The predicted octanol–water partition coefficient (Wildman–Crippen LogP) is 5.30. The smallest absolute Gasteiger partial charge is 0.338 e. The van der Waals surface area contributed by atoms with E-state index in [0.29, 0.717) is 29.3 Å². The highest BCUT2D eigenvalue weighted by Crippen LogP contribution is 2.40. The molecular weight excluding hydrogens is 372 g/mol. The summed E-state index contributed by atoms with van der Waals surface area (Å²) in [6, 6.07) is 13.1. The summed E-state index contributed by atoms with van der Waals surface area (Å²) in [4.78, 5) is 17.7. The van der Waals surface area contributed by atoms with E-state index in [9.17, 15) is 10.1 Å². The van der Waals surface area contributed by atoms with E-state index in [1.165, 1.54) is 4.88 Å². The van der Waals surface area contributed by atoms with Crippen LogP contribution in [-0.4, -0.2) is 18.8 Å². The molecule has 6 heteroatoms. The van der Waals surface area contributed by atoms with Crippen LogP contribution in [0.5, 0.6) is 0 Å². The van der Waals surface area contributed by atoms with E-state index in [4.69, 9.17) is 9.15 Å². The summed E-state index contributed by atoms with van der Waals surface area (Å²) < 4.78 is 10.9. The van der Waals surface area contributed by atoms with Crippen molar-refractivity contribution in [2.75, 3.05) is 6.61 Å². The maximum atomic E-state index is 11.9. The highest BCUT2D eigenvalue weighted by atomic mass is 32.1. The first-order valence-electron chi connectivity index (χ1n) is 9.15. The molecule has 0 saturated carbocycles. The topological polar surface area (TPSA) is 75.6 Å². The second-order valence-electron chi connectivity index (χ2n) is 6.41. The van der Waals surface area contributed by atoms with Gasteiger partial charge < -0.3 is 9.15 Å². The molecule has 0 aliphatic heterocycles. The fourth-order valence-electron chi connectivity index (χ4n) is 3.31. The Morgan fingerprint density at radius 3 is 3.07 bits per heavy atom. The lowest BCUT2D eigenvalue weighted by Gasteiger charge is -2.03. The summed E-state index contributed by atoms with van der Waals surface area (Å²) in [5, 5.41) is 10.2. The normalized spacial score (nSPS) is 12.9. The molecule has 5 nitrogen and oxygen atoms in total. The van der Waals surface area contributed by atoms with Crippen molar-refractivity contribution in [3.05, 3.63) is 63.7 Å². The summed E-state index contributed by atoms with van der Waals surface area (Å²) in [6.45, 7) is 2.11. The summed E-state index contributed by atoms with van der Waals surface area (Å²) in [6.07, 6.45) is 4.75. The van der Waals surface area contributed by atoms with Gasteiger partial charge in [-0.2, -0.15) is 5.26 Å². The van der Waals surface area contributed by atoms with Crippen molar-refractivity contribution in [2.45, 2.75) is 26.2 Å². The van der Waals surface area contributed by atoms with Crippen LogP contribution in [0.3, 0.4) is 0 Å². The summed E-state index contributed by atoms with van der Waals surface area (Å²) in [5.41, 5.74) is 3.13. The largest absolute Gasteiger partial charge is 0.462 e. The van der Waals surface area contributed by atoms with Gasteiger partial charge in [0.2, 0.25) is 0 Å². The lowest BCUT2D eigenvalue weighted by atomic mass is 10.1. The van der Waals surface area contributed by atoms with Gasteiger partial charge in [-0.1, -0.05) is 12.1 Å². The first-order chi connectivity index (χ1) is 13.7. The first kappa shape index (κ1) is 18.2. The molecule has 0 bridgehead atoms. The number of carbonyl (C=O) groups excluding carboxylic acids is 1.